The molecule has 1 atom stereocenters. The van der Waals surface area contributed by atoms with Crippen molar-refractivity contribution in [1.82, 2.24) is 20.3 Å². The molecule has 8 heteroatoms. The van der Waals surface area contributed by atoms with Crippen molar-refractivity contribution in [2.45, 2.75) is 33.2 Å². The second kappa shape index (κ2) is 7.07. The molecule has 0 aliphatic carbocycles. The van der Waals surface area contributed by atoms with Crippen LogP contribution in [0.2, 0.25) is 0 Å². The largest absolute Gasteiger partial charge is 0.361 e. The summed E-state index contributed by atoms with van der Waals surface area (Å²) in [7, 11) is 0. The van der Waals surface area contributed by atoms with Gasteiger partial charge in [-0.05, 0) is 32.9 Å². The van der Waals surface area contributed by atoms with Crippen LogP contribution in [0.5, 0.6) is 0 Å². The topological polar surface area (TPSA) is 73.0 Å². The summed E-state index contributed by atoms with van der Waals surface area (Å²) in [6.07, 6.45) is 1.63. The maximum atomic E-state index is 14.0. The molecule has 3 rings (SSSR count). The number of nitrogens with zero attached hydrogens (tertiary/aromatic N) is 3. The van der Waals surface area contributed by atoms with Gasteiger partial charge < -0.3 is 9.84 Å². The number of hydrogen-bond donors (Lipinski definition) is 1. The highest BCUT2D eigenvalue weighted by molar-refractivity contribution is 5.78. The number of amides is 1. The van der Waals surface area contributed by atoms with E-state index in [9.17, 15) is 13.6 Å². The zero-order valence-electron chi connectivity index (χ0n) is 14.6. The van der Waals surface area contributed by atoms with E-state index in [0.29, 0.717) is 17.1 Å². The van der Waals surface area contributed by atoms with E-state index in [1.54, 1.807) is 33.0 Å². The molecule has 2 aromatic heterocycles. The Kier molecular flexibility index (Phi) is 4.83. The van der Waals surface area contributed by atoms with Crippen molar-refractivity contribution in [3.05, 3.63) is 64.8 Å². The van der Waals surface area contributed by atoms with Crippen molar-refractivity contribution in [3.8, 4) is 5.69 Å². The third kappa shape index (κ3) is 3.63. The molecule has 1 unspecified atom stereocenters. The fraction of sp³-hybridized carbons (Fsp3) is 0.278. The molecule has 6 nitrogen and oxygen atoms in total. The van der Waals surface area contributed by atoms with Crippen LogP contribution >= 0.6 is 0 Å². The van der Waals surface area contributed by atoms with Crippen LogP contribution in [0.25, 0.3) is 5.69 Å². The first-order valence-corrected chi connectivity index (χ1v) is 8.06. The van der Waals surface area contributed by atoms with Crippen LogP contribution in [0.1, 0.15) is 35.7 Å². The summed E-state index contributed by atoms with van der Waals surface area (Å²) in [5.74, 6) is -1.11. The van der Waals surface area contributed by atoms with Gasteiger partial charge in [0, 0.05) is 23.4 Å². The molecule has 0 spiro atoms. The molecule has 1 aromatic carbocycles. The monoisotopic (exact) mass is 360 g/mol. The molecule has 2 heterocycles. The van der Waals surface area contributed by atoms with Crippen LogP contribution < -0.4 is 5.32 Å². The van der Waals surface area contributed by atoms with Crippen LogP contribution in [-0.2, 0) is 11.2 Å². The Morgan fingerprint density at radius 3 is 2.73 bits per heavy atom. The van der Waals surface area contributed by atoms with Gasteiger partial charge in [-0.25, -0.2) is 13.5 Å². The van der Waals surface area contributed by atoms with E-state index in [4.69, 9.17) is 4.52 Å². The Labute approximate surface area is 148 Å². The lowest BCUT2D eigenvalue weighted by molar-refractivity contribution is -0.121. The molecule has 0 aliphatic heterocycles. The maximum Gasteiger partial charge on any atom is 0.228 e. The van der Waals surface area contributed by atoms with Gasteiger partial charge in [-0.1, -0.05) is 5.16 Å². The zero-order chi connectivity index (χ0) is 18.8. The Morgan fingerprint density at radius 1 is 1.31 bits per heavy atom. The molecule has 0 fully saturated rings. The van der Waals surface area contributed by atoms with E-state index < -0.39 is 11.6 Å². The van der Waals surface area contributed by atoms with E-state index in [0.717, 1.165) is 11.6 Å². The normalized spacial score (nSPS) is 12.2. The number of rotatable bonds is 5. The smallest absolute Gasteiger partial charge is 0.228 e. The summed E-state index contributed by atoms with van der Waals surface area (Å²) in [5.41, 5.74) is 2.24. The Balaban J connectivity index is 1.75. The lowest BCUT2D eigenvalue weighted by Crippen LogP contribution is -2.28. The number of carbonyl (C=O) groups is 1. The number of halogens is 2. The summed E-state index contributed by atoms with van der Waals surface area (Å²) in [4.78, 5) is 12.2. The van der Waals surface area contributed by atoms with E-state index in [2.05, 4.69) is 15.6 Å². The third-order valence-corrected chi connectivity index (χ3v) is 4.04. The number of aromatic nitrogens is 3. The highest BCUT2D eigenvalue weighted by Crippen LogP contribution is 2.22. The minimum atomic E-state index is -0.708. The van der Waals surface area contributed by atoms with E-state index in [1.165, 1.54) is 16.8 Å². The molecule has 136 valence electrons. The third-order valence-electron chi connectivity index (χ3n) is 4.04. The predicted molar refractivity (Wildman–Crippen MR) is 89.7 cm³/mol. The lowest BCUT2D eigenvalue weighted by atomic mass is 10.1. The second-order valence-electron chi connectivity index (χ2n) is 6.09. The van der Waals surface area contributed by atoms with Gasteiger partial charge in [0.2, 0.25) is 5.91 Å². The van der Waals surface area contributed by atoms with Gasteiger partial charge in [0.15, 0.2) is 5.82 Å². The van der Waals surface area contributed by atoms with Crippen molar-refractivity contribution in [3.63, 3.8) is 0 Å². The Bertz CT molecular complexity index is 949. The average Bonchev–Trinajstić information content (AvgIpc) is 3.13. The number of carbonyl (C=O) groups excluding carboxylic acids is 1. The molecule has 1 N–H and O–H groups in total. The molecule has 0 saturated heterocycles. The van der Waals surface area contributed by atoms with Crippen LogP contribution in [-0.4, -0.2) is 20.8 Å². The molecular formula is C18H18F2N4O2. The van der Waals surface area contributed by atoms with Crippen LogP contribution in [0.3, 0.4) is 0 Å². The van der Waals surface area contributed by atoms with Crippen molar-refractivity contribution in [2.75, 3.05) is 0 Å². The van der Waals surface area contributed by atoms with Crippen molar-refractivity contribution in [2.24, 2.45) is 0 Å². The fourth-order valence-corrected chi connectivity index (χ4v) is 2.77. The molecular weight excluding hydrogens is 342 g/mol. The highest BCUT2D eigenvalue weighted by atomic mass is 19.1. The minimum absolute atomic E-state index is 0.0744. The average molecular weight is 360 g/mol. The summed E-state index contributed by atoms with van der Waals surface area (Å²) in [6, 6.07) is 4.66. The van der Waals surface area contributed by atoms with E-state index >= 15 is 0 Å². The van der Waals surface area contributed by atoms with Gasteiger partial charge in [-0.3, -0.25) is 4.79 Å². The summed E-state index contributed by atoms with van der Waals surface area (Å²) in [5, 5.41) is 10.8. The molecule has 0 radical (unpaired) electrons. The quantitative estimate of drug-likeness (QED) is 0.758. The van der Waals surface area contributed by atoms with Gasteiger partial charge in [-0.2, -0.15) is 5.10 Å². The van der Waals surface area contributed by atoms with E-state index in [-0.39, 0.29) is 24.1 Å². The van der Waals surface area contributed by atoms with Gasteiger partial charge in [0.25, 0.3) is 0 Å². The fourth-order valence-electron chi connectivity index (χ4n) is 2.77. The first-order valence-electron chi connectivity index (χ1n) is 8.06. The number of benzene rings is 1. The number of aryl methyl sites for hydroxylation is 1. The van der Waals surface area contributed by atoms with Crippen molar-refractivity contribution >= 4 is 5.91 Å². The van der Waals surface area contributed by atoms with Crippen LogP contribution in [0.15, 0.2) is 35.0 Å². The molecule has 0 aliphatic rings. The molecule has 0 bridgehead atoms. The lowest BCUT2D eigenvalue weighted by Gasteiger charge is -2.14. The van der Waals surface area contributed by atoms with Crippen LogP contribution in [0.4, 0.5) is 8.78 Å². The standard InChI is InChI=1S/C18H18F2N4O2/c1-10-6-14(26-23-10)8-18(25)22-11(2)15-9-21-24(12(15)3)17-5-4-13(19)7-16(17)20/h4-7,9,11H,8H2,1-3H3,(H,22,25). The molecule has 1 amide bonds. The van der Waals surface area contributed by atoms with Gasteiger partial charge >= 0.3 is 0 Å². The first-order chi connectivity index (χ1) is 12.3. The number of hydrogen-bond acceptors (Lipinski definition) is 4. The van der Waals surface area contributed by atoms with E-state index in [1.807, 2.05) is 0 Å². The molecule has 3 aromatic rings. The predicted octanol–water partition coefficient (Wildman–Crippen LogP) is 3.18. The first kappa shape index (κ1) is 17.8. The van der Waals surface area contributed by atoms with Crippen molar-refractivity contribution in [1.29, 1.82) is 0 Å². The van der Waals surface area contributed by atoms with Crippen LogP contribution in [0, 0.1) is 25.5 Å². The summed E-state index contributed by atoms with van der Waals surface area (Å²) < 4.78 is 33.5. The Hall–Kier alpha value is -3.03. The van der Waals surface area contributed by atoms with Gasteiger partial charge in [-0.15, -0.1) is 0 Å². The number of nitrogens with one attached hydrogen (secondary N) is 1. The SMILES string of the molecule is Cc1cc(CC(=O)NC(C)c2cnn(-c3ccc(F)cc3F)c2C)on1. The minimum Gasteiger partial charge on any atom is -0.361 e. The second-order valence-corrected chi connectivity index (χ2v) is 6.09. The van der Waals surface area contributed by atoms with Gasteiger partial charge in [0.05, 0.1) is 24.4 Å². The zero-order valence-corrected chi connectivity index (χ0v) is 14.6. The highest BCUT2D eigenvalue weighted by Gasteiger charge is 2.19. The summed E-state index contributed by atoms with van der Waals surface area (Å²) in [6.45, 7) is 5.34. The Morgan fingerprint density at radius 2 is 2.08 bits per heavy atom. The van der Waals surface area contributed by atoms with Gasteiger partial charge in [0.1, 0.15) is 17.3 Å². The molecule has 0 saturated carbocycles. The molecule has 26 heavy (non-hydrogen) atoms. The summed E-state index contributed by atoms with van der Waals surface area (Å²) >= 11 is 0. The maximum absolute atomic E-state index is 14.0. The van der Waals surface area contributed by atoms with Crippen molar-refractivity contribution < 1.29 is 18.1 Å².